The standard InChI is InChI=1S/C27H34N2O5/c1-18-8-10-19(11-9-18)26(30)29-16-21(22(17-29)27(31)28-12-6-5-7-13-28)20-14-23(32-2)25(34-4)24(15-20)33-3/h8-11,14-15,21-22H,5-7,12-13,16-17H2,1-4H3. The van der Waals surface area contributed by atoms with Crippen LogP contribution in [0.5, 0.6) is 17.2 Å². The smallest absolute Gasteiger partial charge is 0.253 e. The predicted molar refractivity (Wildman–Crippen MR) is 130 cm³/mol. The number of carbonyl (C=O) groups excluding carboxylic acids is 2. The summed E-state index contributed by atoms with van der Waals surface area (Å²) in [4.78, 5) is 30.8. The van der Waals surface area contributed by atoms with Crippen LogP contribution in [-0.4, -0.2) is 69.1 Å². The Morgan fingerprint density at radius 2 is 1.44 bits per heavy atom. The second-order valence-corrected chi connectivity index (χ2v) is 9.13. The van der Waals surface area contributed by atoms with Crippen LogP contribution in [0.15, 0.2) is 36.4 Å². The van der Waals surface area contributed by atoms with Gasteiger partial charge in [-0.3, -0.25) is 9.59 Å². The van der Waals surface area contributed by atoms with E-state index in [2.05, 4.69) is 0 Å². The van der Waals surface area contributed by atoms with Crippen molar-refractivity contribution in [3.63, 3.8) is 0 Å². The average Bonchev–Trinajstić information content (AvgIpc) is 3.33. The maximum atomic E-state index is 13.7. The molecule has 0 bridgehead atoms. The van der Waals surface area contributed by atoms with E-state index in [1.807, 2.05) is 53.1 Å². The minimum atomic E-state index is -0.324. The van der Waals surface area contributed by atoms with Crippen molar-refractivity contribution in [3.8, 4) is 17.2 Å². The Kier molecular flexibility index (Phi) is 7.29. The zero-order valence-electron chi connectivity index (χ0n) is 20.5. The molecule has 7 heteroatoms. The topological polar surface area (TPSA) is 68.3 Å². The zero-order valence-corrected chi connectivity index (χ0v) is 20.5. The monoisotopic (exact) mass is 466 g/mol. The van der Waals surface area contributed by atoms with Gasteiger partial charge in [0.05, 0.1) is 27.2 Å². The van der Waals surface area contributed by atoms with E-state index < -0.39 is 0 Å². The molecule has 0 aliphatic carbocycles. The number of likely N-dealkylation sites (tertiary alicyclic amines) is 2. The fourth-order valence-corrected chi connectivity index (χ4v) is 5.10. The number of benzene rings is 2. The van der Waals surface area contributed by atoms with Crippen molar-refractivity contribution in [1.82, 2.24) is 9.80 Å². The molecule has 182 valence electrons. The highest BCUT2D eigenvalue weighted by Crippen LogP contribution is 2.44. The van der Waals surface area contributed by atoms with Crippen LogP contribution in [0.4, 0.5) is 0 Å². The van der Waals surface area contributed by atoms with Gasteiger partial charge in [0, 0.05) is 37.7 Å². The Morgan fingerprint density at radius 3 is 2.00 bits per heavy atom. The van der Waals surface area contributed by atoms with Gasteiger partial charge in [-0.2, -0.15) is 0 Å². The summed E-state index contributed by atoms with van der Waals surface area (Å²) >= 11 is 0. The second-order valence-electron chi connectivity index (χ2n) is 9.13. The van der Waals surface area contributed by atoms with Gasteiger partial charge in [0.15, 0.2) is 11.5 Å². The molecule has 34 heavy (non-hydrogen) atoms. The summed E-state index contributed by atoms with van der Waals surface area (Å²) in [5.74, 6) is 1.18. The number of nitrogens with zero attached hydrogens (tertiary/aromatic N) is 2. The second kappa shape index (κ2) is 10.4. The van der Waals surface area contributed by atoms with Crippen LogP contribution in [0, 0.1) is 12.8 Å². The molecule has 2 fully saturated rings. The Hall–Kier alpha value is -3.22. The van der Waals surface area contributed by atoms with E-state index in [1.165, 1.54) is 0 Å². The first-order valence-corrected chi connectivity index (χ1v) is 11.9. The molecule has 2 atom stereocenters. The van der Waals surface area contributed by atoms with Gasteiger partial charge in [0.25, 0.3) is 5.91 Å². The summed E-state index contributed by atoms with van der Waals surface area (Å²) in [6.45, 7) is 4.41. The van der Waals surface area contributed by atoms with Gasteiger partial charge in [-0.1, -0.05) is 17.7 Å². The van der Waals surface area contributed by atoms with Gasteiger partial charge in [-0.25, -0.2) is 0 Å². The van der Waals surface area contributed by atoms with Gasteiger partial charge in [0.1, 0.15) is 0 Å². The lowest BCUT2D eigenvalue weighted by atomic mass is 9.87. The van der Waals surface area contributed by atoms with Crippen molar-refractivity contribution >= 4 is 11.8 Å². The number of rotatable bonds is 6. The first-order chi connectivity index (χ1) is 16.5. The molecule has 0 spiro atoms. The van der Waals surface area contributed by atoms with E-state index in [1.54, 1.807) is 21.3 Å². The van der Waals surface area contributed by atoms with Crippen LogP contribution in [0.2, 0.25) is 0 Å². The minimum Gasteiger partial charge on any atom is -0.493 e. The van der Waals surface area contributed by atoms with Crippen LogP contribution in [0.1, 0.15) is 46.7 Å². The molecule has 7 nitrogen and oxygen atoms in total. The first-order valence-electron chi connectivity index (χ1n) is 11.9. The van der Waals surface area contributed by atoms with Crippen molar-refractivity contribution in [2.45, 2.75) is 32.1 Å². The SMILES string of the molecule is COc1cc(C2CN(C(=O)c3ccc(C)cc3)CC2C(=O)N2CCCCC2)cc(OC)c1OC. The predicted octanol–water partition coefficient (Wildman–Crippen LogP) is 3.89. The third kappa shape index (κ3) is 4.69. The van der Waals surface area contributed by atoms with Crippen LogP contribution in [-0.2, 0) is 4.79 Å². The average molecular weight is 467 g/mol. The van der Waals surface area contributed by atoms with E-state index in [9.17, 15) is 9.59 Å². The van der Waals surface area contributed by atoms with Gasteiger partial charge < -0.3 is 24.0 Å². The fourth-order valence-electron chi connectivity index (χ4n) is 5.10. The number of piperidine rings is 1. The van der Waals surface area contributed by atoms with Crippen molar-refractivity contribution in [2.75, 3.05) is 47.5 Å². The summed E-state index contributed by atoms with van der Waals surface area (Å²) in [7, 11) is 4.74. The van der Waals surface area contributed by atoms with Gasteiger partial charge in [-0.15, -0.1) is 0 Å². The fraction of sp³-hybridized carbons (Fsp3) is 0.481. The first kappa shape index (κ1) is 23.9. The number of hydrogen-bond acceptors (Lipinski definition) is 5. The highest BCUT2D eigenvalue weighted by Gasteiger charge is 2.43. The van der Waals surface area contributed by atoms with Crippen molar-refractivity contribution in [2.24, 2.45) is 5.92 Å². The molecule has 0 aromatic heterocycles. The lowest BCUT2D eigenvalue weighted by Gasteiger charge is -2.31. The molecule has 2 heterocycles. The Morgan fingerprint density at radius 1 is 0.824 bits per heavy atom. The molecule has 2 aliphatic rings. The highest BCUT2D eigenvalue weighted by molar-refractivity contribution is 5.95. The third-order valence-corrected chi connectivity index (χ3v) is 7.01. The third-order valence-electron chi connectivity index (χ3n) is 7.01. The number of amides is 2. The van der Waals surface area contributed by atoms with Gasteiger partial charge >= 0.3 is 0 Å². The molecule has 0 saturated carbocycles. The van der Waals surface area contributed by atoms with E-state index in [0.29, 0.717) is 35.9 Å². The quantitative estimate of drug-likeness (QED) is 0.646. The van der Waals surface area contributed by atoms with Crippen molar-refractivity contribution in [1.29, 1.82) is 0 Å². The van der Waals surface area contributed by atoms with Crippen LogP contribution >= 0.6 is 0 Å². The molecule has 2 aliphatic heterocycles. The summed E-state index contributed by atoms with van der Waals surface area (Å²) < 4.78 is 16.6. The minimum absolute atomic E-state index is 0.0496. The number of aryl methyl sites for hydroxylation is 1. The summed E-state index contributed by atoms with van der Waals surface area (Å²) in [5.41, 5.74) is 2.65. The number of carbonyl (C=O) groups is 2. The normalized spacial score (nSPS) is 20.2. The Bertz CT molecular complexity index is 1000. The molecule has 2 aromatic rings. The molecule has 2 aromatic carbocycles. The van der Waals surface area contributed by atoms with Gasteiger partial charge in [-0.05, 0) is 56.0 Å². The molecule has 0 N–H and O–H groups in total. The number of ether oxygens (including phenoxy) is 3. The summed E-state index contributed by atoms with van der Waals surface area (Å²) in [6.07, 6.45) is 3.21. The maximum absolute atomic E-state index is 13.7. The Labute approximate surface area is 201 Å². The van der Waals surface area contributed by atoms with Crippen molar-refractivity contribution < 1.29 is 23.8 Å². The number of hydrogen-bond donors (Lipinski definition) is 0. The van der Waals surface area contributed by atoms with E-state index >= 15 is 0 Å². The lowest BCUT2D eigenvalue weighted by molar-refractivity contribution is -0.136. The summed E-state index contributed by atoms with van der Waals surface area (Å²) in [5, 5.41) is 0. The number of methoxy groups -OCH3 is 3. The van der Waals surface area contributed by atoms with Crippen LogP contribution in [0.3, 0.4) is 0 Å². The van der Waals surface area contributed by atoms with E-state index in [4.69, 9.17) is 14.2 Å². The van der Waals surface area contributed by atoms with Crippen LogP contribution < -0.4 is 14.2 Å². The maximum Gasteiger partial charge on any atom is 0.253 e. The molecule has 2 unspecified atom stereocenters. The van der Waals surface area contributed by atoms with Gasteiger partial charge in [0.2, 0.25) is 11.7 Å². The zero-order chi connectivity index (χ0) is 24.2. The molecular weight excluding hydrogens is 432 g/mol. The van der Waals surface area contributed by atoms with E-state index in [0.717, 1.165) is 43.5 Å². The van der Waals surface area contributed by atoms with E-state index in [-0.39, 0.29) is 23.7 Å². The Balaban J connectivity index is 1.69. The molecule has 0 radical (unpaired) electrons. The lowest BCUT2D eigenvalue weighted by Crippen LogP contribution is -2.42. The molecule has 2 saturated heterocycles. The highest BCUT2D eigenvalue weighted by atomic mass is 16.5. The largest absolute Gasteiger partial charge is 0.493 e. The molecular formula is C27H34N2O5. The molecule has 2 amide bonds. The van der Waals surface area contributed by atoms with Crippen LogP contribution in [0.25, 0.3) is 0 Å². The molecule has 4 rings (SSSR count). The summed E-state index contributed by atoms with van der Waals surface area (Å²) in [6, 6.07) is 11.4. The van der Waals surface area contributed by atoms with Crippen molar-refractivity contribution in [3.05, 3.63) is 53.1 Å².